The number of nitrogens with zero attached hydrogens (tertiary/aromatic N) is 3. The van der Waals surface area contributed by atoms with Crippen LogP contribution in [0.4, 0.5) is 0 Å². The maximum absolute atomic E-state index is 12.6. The van der Waals surface area contributed by atoms with Crippen LogP contribution in [0, 0.1) is 0 Å². The summed E-state index contributed by atoms with van der Waals surface area (Å²) in [6.07, 6.45) is 3.17. The first-order chi connectivity index (χ1) is 12.9. The lowest BCUT2D eigenvalue weighted by atomic mass is 10.2. The molecular weight excluding hydrogens is 386 g/mol. The van der Waals surface area contributed by atoms with Crippen molar-refractivity contribution in [2.45, 2.75) is 25.4 Å². The van der Waals surface area contributed by atoms with Crippen LogP contribution in [0.3, 0.4) is 0 Å². The Kier molecular flexibility index (Phi) is 5.18. The van der Waals surface area contributed by atoms with Gasteiger partial charge >= 0.3 is 0 Å². The summed E-state index contributed by atoms with van der Waals surface area (Å²) in [5.74, 6) is 0.716. The van der Waals surface area contributed by atoms with E-state index in [-0.39, 0.29) is 17.7 Å². The predicted octanol–water partition coefficient (Wildman–Crippen LogP) is 2.02. The van der Waals surface area contributed by atoms with Crippen LogP contribution in [0.5, 0.6) is 0 Å². The van der Waals surface area contributed by atoms with Gasteiger partial charge in [-0.25, -0.2) is 8.42 Å². The number of carbonyl (C=O) groups is 1. The zero-order valence-electron chi connectivity index (χ0n) is 15.2. The highest BCUT2D eigenvalue weighted by Gasteiger charge is 2.34. The van der Waals surface area contributed by atoms with Crippen LogP contribution in [-0.4, -0.2) is 72.4 Å². The van der Waals surface area contributed by atoms with E-state index in [9.17, 15) is 13.2 Å². The third kappa shape index (κ3) is 4.15. The van der Waals surface area contributed by atoms with Gasteiger partial charge in [0.05, 0.1) is 11.5 Å². The Morgan fingerprint density at radius 1 is 1.15 bits per heavy atom. The number of aromatic nitrogens is 1. The van der Waals surface area contributed by atoms with Gasteiger partial charge in [-0.15, -0.1) is 0 Å². The molecule has 0 N–H and O–H groups in total. The molecule has 1 amide bonds. The lowest BCUT2D eigenvalue weighted by Crippen LogP contribution is -2.52. The average Bonchev–Trinajstić information content (AvgIpc) is 3.22. The van der Waals surface area contributed by atoms with E-state index in [1.54, 1.807) is 0 Å². The van der Waals surface area contributed by atoms with Gasteiger partial charge in [0.25, 0.3) is 0 Å². The SMILES string of the molecule is O=C(CCn1ccc2ccc(Cl)cc21)N1CCN(C2CCS(=O)(=O)C2)CC1. The van der Waals surface area contributed by atoms with Crippen molar-refractivity contribution >= 4 is 38.2 Å². The molecule has 2 aliphatic rings. The van der Waals surface area contributed by atoms with Gasteiger partial charge in [-0.05, 0) is 30.0 Å². The molecule has 8 heteroatoms. The van der Waals surface area contributed by atoms with Crippen molar-refractivity contribution in [1.29, 1.82) is 0 Å². The highest BCUT2D eigenvalue weighted by molar-refractivity contribution is 7.91. The Morgan fingerprint density at radius 2 is 1.93 bits per heavy atom. The average molecular weight is 410 g/mol. The summed E-state index contributed by atoms with van der Waals surface area (Å²) in [5.41, 5.74) is 1.04. The smallest absolute Gasteiger partial charge is 0.224 e. The molecule has 1 aromatic heterocycles. The second-order valence-corrected chi connectivity index (χ2v) is 10.1. The van der Waals surface area contributed by atoms with Gasteiger partial charge in [0, 0.05) is 61.9 Å². The van der Waals surface area contributed by atoms with Crippen LogP contribution in [-0.2, 0) is 21.2 Å². The molecule has 2 aromatic rings. The second-order valence-electron chi connectivity index (χ2n) is 7.44. The molecule has 2 fully saturated rings. The largest absolute Gasteiger partial charge is 0.347 e. The van der Waals surface area contributed by atoms with Gasteiger partial charge in [0.1, 0.15) is 0 Å². The zero-order chi connectivity index (χ0) is 19.0. The standard InChI is InChI=1S/C19H24ClN3O3S/c20-16-2-1-15-3-6-22(18(15)13-16)7-4-19(24)23-10-8-21(9-11-23)17-5-12-27(25,26)14-17/h1-3,6,13,17H,4-5,7-12,14H2. The van der Waals surface area contributed by atoms with Crippen molar-refractivity contribution in [2.24, 2.45) is 0 Å². The molecule has 1 atom stereocenters. The minimum atomic E-state index is -2.86. The molecule has 1 unspecified atom stereocenters. The Balaban J connectivity index is 1.30. The molecule has 3 heterocycles. The topological polar surface area (TPSA) is 62.6 Å². The third-order valence-electron chi connectivity index (χ3n) is 5.69. The van der Waals surface area contributed by atoms with E-state index in [2.05, 4.69) is 9.47 Å². The number of hydrogen-bond donors (Lipinski definition) is 0. The number of fused-ring (bicyclic) bond motifs is 1. The van der Waals surface area contributed by atoms with E-state index in [4.69, 9.17) is 11.6 Å². The number of rotatable bonds is 4. The fourth-order valence-electron chi connectivity index (χ4n) is 4.13. The molecule has 1 aromatic carbocycles. The Morgan fingerprint density at radius 3 is 2.63 bits per heavy atom. The number of benzene rings is 1. The van der Waals surface area contributed by atoms with Crippen LogP contribution in [0.1, 0.15) is 12.8 Å². The quantitative estimate of drug-likeness (QED) is 0.775. The van der Waals surface area contributed by atoms with Crippen LogP contribution in [0.2, 0.25) is 5.02 Å². The summed E-state index contributed by atoms with van der Waals surface area (Å²) in [6, 6.07) is 7.94. The number of halogens is 1. The van der Waals surface area contributed by atoms with E-state index >= 15 is 0 Å². The molecule has 2 saturated heterocycles. The third-order valence-corrected chi connectivity index (χ3v) is 7.68. The molecule has 0 radical (unpaired) electrons. The van der Waals surface area contributed by atoms with Crippen LogP contribution in [0.25, 0.3) is 10.9 Å². The van der Waals surface area contributed by atoms with Crippen LogP contribution < -0.4 is 0 Å². The monoisotopic (exact) mass is 409 g/mol. The number of amides is 1. The molecule has 0 spiro atoms. The molecule has 2 aliphatic heterocycles. The summed E-state index contributed by atoms with van der Waals surface area (Å²) >= 11 is 6.09. The van der Waals surface area contributed by atoms with Crippen LogP contribution in [0.15, 0.2) is 30.5 Å². The van der Waals surface area contributed by atoms with E-state index in [0.29, 0.717) is 36.8 Å². The number of aryl methyl sites for hydroxylation is 1. The summed E-state index contributed by atoms with van der Waals surface area (Å²) < 4.78 is 25.4. The molecule has 146 valence electrons. The Bertz CT molecular complexity index is 948. The van der Waals surface area contributed by atoms with Gasteiger partial charge < -0.3 is 9.47 Å². The lowest BCUT2D eigenvalue weighted by Gasteiger charge is -2.37. The maximum Gasteiger partial charge on any atom is 0.224 e. The van der Waals surface area contributed by atoms with Crippen molar-refractivity contribution in [1.82, 2.24) is 14.4 Å². The van der Waals surface area contributed by atoms with Gasteiger partial charge in [0.15, 0.2) is 9.84 Å². The summed E-state index contributed by atoms with van der Waals surface area (Å²) in [7, 11) is -2.86. The van der Waals surface area contributed by atoms with Crippen molar-refractivity contribution in [3.05, 3.63) is 35.5 Å². The van der Waals surface area contributed by atoms with Gasteiger partial charge in [-0.3, -0.25) is 9.69 Å². The van der Waals surface area contributed by atoms with Crippen molar-refractivity contribution in [2.75, 3.05) is 37.7 Å². The first kappa shape index (κ1) is 18.8. The van der Waals surface area contributed by atoms with Gasteiger partial charge in [-0.2, -0.15) is 0 Å². The van der Waals surface area contributed by atoms with Crippen molar-refractivity contribution in [3.8, 4) is 0 Å². The Labute approximate surface area is 164 Å². The Hall–Kier alpha value is -1.57. The minimum absolute atomic E-state index is 0.128. The van der Waals surface area contributed by atoms with Gasteiger partial charge in [-0.1, -0.05) is 17.7 Å². The summed E-state index contributed by atoms with van der Waals surface area (Å²) in [5, 5.41) is 1.81. The first-order valence-corrected chi connectivity index (χ1v) is 11.6. The van der Waals surface area contributed by atoms with E-state index in [1.807, 2.05) is 35.4 Å². The summed E-state index contributed by atoms with van der Waals surface area (Å²) in [4.78, 5) is 16.7. The fourth-order valence-corrected chi connectivity index (χ4v) is 6.05. The molecule has 0 saturated carbocycles. The second kappa shape index (κ2) is 7.45. The number of carbonyl (C=O) groups excluding carboxylic acids is 1. The highest BCUT2D eigenvalue weighted by Crippen LogP contribution is 2.22. The first-order valence-electron chi connectivity index (χ1n) is 9.38. The van der Waals surface area contributed by atoms with Crippen molar-refractivity contribution < 1.29 is 13.2 Å². The van der Waals surface area contributed by atoms with E-state index < -0.39 is 9.84 Å². The van der Waals surface area contributed by atoms with E-state index in [1.165, 1.54) is 0 Å². The molecule has 0 aliphatic carbocycles. The summed E-state index contributed by atoms with van der Waals surface area (Å²) in [6.45, 7) is 3.49. The normalized spacial score (nSPS) is 23.1. The molecule has 27 heavy (non-hydrogen) atoms. The lowest BCUT2D eigenvalue weighted by molar-refractivity contribution is -0.133. The fraction of sp³-hybridized carbons (Fsp3) is 0.526. The van der Waals surface area contributed by atoms with Crippen molar-refractivity contribution in [3.63, 3.8) is 0 Å². The number of sulfone groups is 1. The number of piperazine rings is 1. The molecule has 0 bridgehead atoms. The van der Waals surface area contributed by atoms with Gasteiger partial charge in [0.2, 0.25) is 5.91 Å². The predicted molar refractivity (Wildman–Crippen MR) is 107 cm³/mol. The highest BCUT2D eigenvalue weighted by atomic mass is 35.5. The maximum atomic E-state index is 12.6. The zero-order valence-corrected chi connectivity index (χ0v) is 16.8. The molecular formula is C19H24ClN3O3S. The minimum Gasteiger partial charge on any atom is -0.347 e. The number of hydrogen-bond acceptors (Lipinski definition) is 4. The van der Waals surface area contributed by atoms with E-state index in [0.717, 1.165) is 30.4 Å². The molecule has 6 nitrogen and oxygen atoms in total. The molecule has 4 rings (SSSR count). The van der Waals surface area contributed by atoms with Crippen LogP contribution >= 0.6 is 11.6 Å².